The number of nitrogens with two attached hydrogens (primary N) is 1. The van der Waals surface area contributed by atoms with E-state index < -0.39 is 0 Å². The average Bonchev–Trinajstić information content (AvgIpc) is 3.01. The Labute approximate surface area is 135 Å². The summed E-state index contributed by atoms with van der Waals surface area (Å²) in [7, 11) is 0. The summed E-state index contributed by atoms with van der Waals surface area (Å²) in [5, 5.41) is 3.07. The summed E-state index contributed by atoms with van der Waals surface area (Å²) >= 11 is 3.95. The molecule has 116 valence electrons. The Morgan fingerprint density at radius 2 is 1.90 bits per heavy atom. The fraction of sp³-hybridized carbons (Fsp3) is 0.562. The van der Waals surface area contributed by atoms with Crippen LogP contribution in [0.4, 0.5) is 0 Å². The standard InChI is InChI=1S/C16H24N2OS2/c1-11(2)16(3,10-17)18-14(19)12-4-6-13(7-5-12)15-20-8-9-21-15/h4-7,11,15H,8-10,17H2,1-3H3,(H,18,19). The third-order valence-corrected chi connectivity index (χ3v) is 7.27. The highest BCUT2D eigenvalue weighted by atomic mass is 32.2. The second-order valence-electron chi connectivity index (χ2n) is 5.93. The van der Waals surface area contributed by atoms with Crippen molar-refractivity contribution in [1.29, 1.82) is 0 Å². The van der Waals surface area contributed by atoms with Gasteiger partial charge in [-0.2, -0.15) is 0 Å². The molecule has 0 bridgehead atoms. The molecule has 0 aromatic heterocycles. The maximum atomic E-state index is 12.4. The first kappa shape index (κ1) is 16.7. The molecule has 1 atom stereocenters. The molecule has 1 aliphatic heterocycles. The summed E-state index contributed by atoms with van der Waals surface area (Å²) < 4.78 is 0.520. The maximum Gasteiger partial charge on any atom is 0.251 e. The quantitative estimate of drug-likeness (QED) is 0.873. The van der Waals surface area contributed by atoms with E-state index in [1.165, 1.54) is 17.1 Å². The third-order valence-electron chi connectivity index (χ3n) is 4.16. The van der Waals surface area contributed by atoms with Gasteiger partial charge in [0, 0.05) is 23.6 Å². The van der Waals surface area contributed by atoms with Gasteiger partial charge < -0.3 is 11.1 Å². The lowest BCUT2D eigenvalue weighted by Crippen LogP contribution is -2.55. The Hall–Kier alpha value is -0.650. The van der Waals surface area contributed by atoms with E-state index in [1.54, 1.807) is 0 Å². The zero-order chi connectivity index (χ0) is 15.5. The van der Waals surface area contributed by atoms with E-state index in [1.807, 2.05) is 42.6 Å². The first-order chi connectivity index (χ1) is 9.96. The van der Waals surface area contributed by atoms with Crippen LogP contribution in [0.3, 0.4) is 0 Å². The van der Waals surface area contributed by atoms with Gasteiger partial charge in [0.1, 0.15) is 0 Å². The molecule has 1 fully saturated rings. The van der Waals surface area contributed by atoms with Crippen molar-refractivity contribution in [2.24, 2.45) is 11.7 Å². The number of hydrogen-bond donors (Lipinski definition) is 2. The lowest BCUT2D eigenvalue weighted by Gasteiger charge is -2.33. The number of rotatable bonds is 5. The Balaban J connectivity index is 2.06. The van der Waals surface area contributed by atoms with Gasteiger partial charge in [0.15, 0.2) is 0 Å². The molecule has 1 saturated heterocycles. The van der Waals surface area contributed by atoms with Gasteiger partial charge >= 0.3 is 0 Å². The molecule has 0 radical (unpaired) electrons. The molecule has 0 spiro atoms. The normalized spacial score (nSPS) is 18.7. The van der Waals surface area contributed by atoms with Gasteiger partial charge in [0.05, 0.1) is 10.1 Å². The Bertz CT molecular complexity index is 484. The predicted octanol–water partition coefficient (Wildman–Crippen LogP) is 3.27. The Morgan fingerprint density at radius 3 is 2.38 bits per heavy atom. The van der Waals surface area contributed by atoms with Crippen molar-refractivity contribution in [2.45, 2.75) is 30.9 Å². The van der Waals surface area contributed by atoms with Crippen LogP contribution in [0.15, 0.2) is 24.3 Å². The summed E-state index contributed by atoms with van der Waals surface area (Å²) in [5.74, 6) is 2.66. The molecule has 2 rings (SSSR count). The van der Waals surface area contributed by atoms with Crippen LogP contribution in [0.2, 0.25) is 0 Å². The van der Waals surface area contributed by atoms with Crippen molar-refractivity contribution in [1.82, 2.24) is 5.32 Å². The second kappa shape index (κ2) is 7.07. The van der Waals surface area contributed by atoms with Crippen molar-refractivity contribution in [3.63, 3.8) is 0 Å². The van der Waals surface area contributed by atoms with Crippen LogP contribution in [0.25, 0.3) is 0 Å². The molecule has 1 aliphatic rings. The first-order valence-corrected chi connectivity index (χ1v) is 9.42. The third kappa shape index (κ3) is 3.96. The smallest absolute Gasteiger partial charge is 0.251 e. The van der Waals surface area contributed by atoms with Gasteiger partial charge in [0.2, 0.25) is 0 Å². The van der Waals surface area contributed by atoms with Crippen LogP contribution in [-0.4, -0.2) is 29.5 Å². The van der Waals surface area contributed by atoms with E-state index in [0.717, 1.165) is 0 Å². The minimum atomic E-state index is -0.368. The van der Waals surface area contributed by atoms with E-state index in [2.05, 4.69) is 31.3 Å². The number of hydrogen-bond acceptors (Lipinski definition) is 4. The largest absolute Gasteiger partial charge is 0.345 e. The molecule has 3 N–H and O–H groups in total. The van der Waals surface area contributed by atoms with Crippen LogP contribution in [0.1, 0.15) is 41.3 Å². The van der Waals surface area contributed by atoms with Gasteiger partial charge in [-0.1, -0.05) is 26.0 Å². The molecule has 5 heteroatoms. The Morgan fingerprint density at radius 1 is 1.33 bits per heavy atom. The predicted molar refractivity (Wildman–Crippen MR) is 93.9 cm³/mol. The van der Waals surface area contributed by atoms with E-state index in [9.17, 15) is 4.79 Å². The molecular formula is C16H24N2OS2. The topological polar surface area (TPSA) is 55.1 Å². The van der Waals surface area contributed by atoms with E-state index in [0.29, 0.717) is 16.7 Å². The zero-order valence-electron chi connectivity index (χ0n) is 12.9. The molecule has 1 aromatic carbocycles. The summed E-state index contributed by atoms with van der Waals surface area (Å²) in [6.07, 6.45) is 0. The number of thioether (sulfide) groups is 2. The van der Waals surface area contributed by atoms with Gasteiger partial charge in [-0.25, -0.2) is 0 Å². The molecule has 3 nitrogen and oxygen atoms in total. The van der Waals surface area contributed by atoms with Crippen molar-refractivity contribution >= 4 is 29.4 Å². The molecular weight excluding hydrogens is 300 g/mol. The Kier molecular flexibility index (Phi) is 5.63. The highest BCUT2D eigenvalue weighted by Crippen LogP contribution is 2.45. The summed E-state index contributed by atoms with van der Waals surface area (Å²) in [6, 6.07) is 7.98. The van der Waals surface area contributed by atoms with Crippen molar-refractivity contribution < 1.29 is 4.79 Å². The van der Waals surface area contributed by atoms with E-state index in [4.69, 9.17) is 5.73 Å². The zero-order valence-corrected chi connectivity index (χ0v) is 14.5. The van der Waals surface area contributed by atoms with Crippen LogP contribution >= 0.6 is 23.5 Å². The number of carbonyl (C=O) groups is 1. The minimum Gasteiger partial charge on any atom is -0.345 e. The first-order valence-electron chi connectivity index (χ1n) is 7.32. The van der Waals surface area contributed by atoms with Crippen LogP contribution in [-0.2, 0) is 0 Å². The summed E-state index contributed by atoms with van der Waals surface area (Å²) in [5.41, 5.74) is 7.45. The van der Waals surface area contributed by atoms with E-state index >= 15 is 0 Å². The number of benzene rings is 1. The molecule has 0 saturated carbocycles. The van der Waals surface area contributed by atoms with Gasteiger partial charge in [-0.3, -0.25) is 4.79 Å². The maximum absolute atomic E-state index is 12.4. The van der Waals surface area contributed by atoms with Gasteiger partial charge in [-0.05, 0) is 30.5 Å². The highest BCUT2D eigenvalue weighted by molar-refractivity contribution is 8.19. The fourth-order valence-corrected chi connectivity index (χ4v) is 4.96. The average molecular weight is 325 g/mol. The summed E-state index contributed by atoms with van der Waals surface area (Å²) in [4.78, 5) is 12.4. The minimum absolute atomic E-state index is 0.0464. The van der Waals surface area contributed by atoms with Crippen molar-refractivity contribution in [3.05, 3.63) is 35.4 Å². The van der Waals surface area contributed by atoms with Crippen molar-refractivity contribution in [3.8, 4) is 0 Å². The highest BCUT2D eigenvalue weighted by Gasteiger charge is 2.29. The van der Waals surface area contributed by atoms with E-state index in [-0.39, 0.29) is 17.4 Å². The summed E-state index contributed by atoms with van der Waals surface area (Å²) in [6.45, 7) is 6.58. The van der Waals surface area contributed by atoms with Crippen LogP contribution < -0.4 is 11.1 Å². The second-order valence-corrected chi connectivity index (χ2v) is 8.65. The molecule has 1 aromatic rings. The molecule has 1 amide bonds. The number of nitrogens with one attached hydrogen (secondary N) is 1. The monoisotopic (exact) mass is 324 g/mol. The fourth-order valence-electron chi connectivity index (χ4n) is 2.11. The SMILES string of the molecule is CC(C)C(C)(CN)NC(=O)c1ccc(C2SCCS2)cc1. The lowest BCUT2D eigenvalue weighted by molar-refractivity contribution is 0.0883. The van der Waals surface area contributed by atoms with Crippen molar-refractivity contribution in [2.75, 3.05) is 18.1 Å². The molecule has 21 heavy (non-hydrogen) atoms. The molecule has 0 aliphatic carbocycles. The van der Waals surface area contributed by atoms with Crippen LogP contribution in [0.5, 0.6) is 0 Å². The van der Waals surface area contributed by atoms with Gasteiger partial charge in [0.25, 0.3) is 5.91 Å². The van der Waals surface area contributed by atoms with Crippen LogP contribution in [0, 0.1) is 5.92 Å². The number of carbonyl (C=O) groups excluding carboxylic acids is 1. The molecule has 1 unspecified atom stereocenters. The van der Waals surface area contributed by atoms with Gasteiger partial charge in [-0.15, -0.1) is 23.5 Å². The lowest BCUT2D eigenvalue weighted by atomic mass is 9.88. The molecule has 1 heterocycles. The number of amides is 1.